The Kier molecular flexibility index (Phi) is 7.44. The maximum Gasteiger partial charge on any atom is 0.410 e. The number of piperazine rings is 1. The molecule has 2 fully saturated rings. The van der Waals surface area contributed by atoms with Gasteiger partial charge in [0.15, 0.2) is 5.01 Å². The zero-order chi connectivity index (χ0) is 24.5. The van der Waals surface area contributed by atoms with Crippen molar-refractivity contribution in [2.45, 2.75) is 51.8 Å². The molecule has 1 unspecified atom stereocenters. The van der Waals surface area contributed by atoms with E-state index in [2.05, 4.69) is 16.9 Å². The lowest BCUT2D eigenvalue weighted by atomic mass is 10.1. The molecule has 34 heavy (non-hydrogen) atoms. The van der Waals surface area contributed by atoms with E-state index in [9.17, 15) is 14.4 Å². The minimum absolute atomic E-state index is 0.0304. The number of fused-ring (bicyclic) bond motifs is 1. The van der Waals surface area contributed by atoms with Gasteiger partial charge in [-0.05, 0) is 27.8 Å². The molecule has 4 rings (SSSR count). The topological polar surface area (TPSA) is 95.5 Å². The second-order valence-electron chi connectivity index (χ2n) is 10.2. The van der Waals surface area contributed by atoms with Crippen molar-refractivity contribution in [3.05, 3.63) is 15.6 Å². The molecule has 0 spiro atoms. The zero-order valence-corrected chi connectivity index (χ0v) is 21.4. The smallest absolute Gasteiger partial charge is 0.410 e. The Morgan fingerprint density at radius 3 is 2.53 bits per heavy atom. The standard InChI is InChI=1S/C23H35N5O5S/c1-23(2,3)33-22(31)27-7-8-28(16(14-27)13-19(29)26-9-11-32-12-10-26)21(30)20-24-17-5-6-25(4)15-18(17)34-20/h16H,5-15H2,1-4H3. The fourth-order valence-electron chi connectivity index (χ4n) is 4.47. The van der Waals surface area contributed by atoms with Crippen LogP contribution in [0.2, 0.25) is 0 Å². The molecule has 3 aliphatic heterocycles. The van der Waals surface area contributed by atoms with E-state index < -0.39 is 17.7 Å². The quantitative estimate of drug-likeness (QED) is 0.629. The summed E-state index contributed by atoms with van der Waals surface area (Å²) in [7, 11) is 2.06. The summed E-state index contributed by atoms with van der Waals surface area (Å²) in [5.41, 5.74) is 0.385. The highest BCUT2D eigenvalue weighted by Crippen LogP contribution is 2.27. The summed E-state index contributed by atoms with van der Waals surface area (Å²) in [6.45, 7) is 10.3. The number of carbonyl (C=O) groups is 3. The first-order valence-electron chi connectivity index (χ1n) is 11.9. The molecule has 1 aromatic heterocycles. The molecule has 3 amide bonds. The van der Waals surface area contributed by atoms with E-state index in [1.807, 2.05) is 20.8 Å². The highest BCUT2D eigenvalue weighted by atomic mass is 32.1. The van der Waals surface area contributed by atoms with Crippen LogP contribution in [0.4, 0.5) is 4.79 Å². The molecule has 0 N–H and O–H groups in total. The monoisotopic (exact) mass is 493 g/mol. The normalized spacial score (nSPS) is 21.9. The van der Waals surface area contributed by atoms with Crippen LogP contribution in [-0.4, -0.2) is 114 Å². The number of carbonyl (C=O) groups excluding carboxylic acids is 3. The van der Waals surface area contributed by atoms with Crippen molar-refractivity contribution in [1.29, 1.82) is 0 Å². The Balaban J connectivity index is 1.51. The molecular formula is C23H35N5O5S. The number of hydrogen-bond donors (Lipinski definition) is 0. The van der Waals surface area contributed by atoms with Gasteiger partial charge in [0.25, 0.3) is 5.91 Å². The summed E-state index contributed by atoms with van der Waals surface area (Å²) in [6.07, 6.45) is 0.566. The molecule has 10 nitrogen and oxygen atoms in total. The fourth-order valence-corrected chi connectivity index (χ4v) is 5.61. The summed E-state index contributed by atoms with van der Waals surface area (Å²) < 4.78 is 10.9. The third-order valence-electron chi connectivity index (χ3n) is 6.27. The van der Waals surface area contributed by atoms with Gasteiger partial charge in [0.1, 0.15) is 5.60 Å². The molecule has 1 aromatic rings. The molecule has 188 valence electrons. The van der Waals surface area contributed by atoms with Gasteiger partial charge in [-0.3, -0.25) is 9.59 Å². The van der Waals surface area contributed by atoms with Crippen molar-refractivity contribution in [3.63, 3.8) is 0 Å². The number of thiazole rings is 1. The van der Waals surface area contributed by atoms with Gasteiger partial charge in [-0.2, -0.15) is 0 Å². The van der Waals surface area contributed by atoms with Crippen LogP contribution in [0.1, 0.15) is 47.6 Å². The first kappa shape index (κ1) is 24.9. The second-order valence-corrected chi connectivity index (χ2v) is 11.2. The second kappa shape index (κ2) is 10.2. The summed E-state index contributed by atoms with van der Waals surface area (Å²) >= 11 is 1.44. The van der Waals surface area contributed by atoms with E-state index in [1.54, 1.807) is 14.7 Å². The molecule has 0 aliphatic carbocycles. The molecule has 2 saturated heterocycles. The number of likely N-dealkylation sites (N-methyl/N-ethyl adjacent to an activating group) is 1. The van der Waals surface area contributed by atoms with Gasteiger partial charge < -0.3 is 29.1 Å². The van der Waals surface area contributed by atoms with Gasteiger partial charge in [-0.15, -0.1) is 11.3 Å². The predicted molar refractivity (Wildman–Crippen MR) is 127 cm³/mol. The van der Waals surface area contributed by atoms with Crippen LogP contribution in [0.15, 0.2) is 0 Å². The summed E-state index contributed by atoms with van der Waals surface area (Å²) in [6, 6.07) is -0.437. The summed E-state index contributed by atoms with van der Waals surface area (Å²) in [5.74, 6) is -0.192. The van der Waals surface area contributed by atoms with Crippen LogP contribution in [-0.2, 0) is 27.2 Å². The van der Waals surface area contributed by atoms with E-state index in [1.165, 1.54) is 11.3 Å². The van der Waals surface area contributed by atoms with Crippen molar-refractivity contribution >= 4 is 29.2 Å². The predicted octanol–water partition coefficient (Wildman–Crippen LogP) is 1.44. The average Bonchev–Trinajstić information content (AvgIpc) is 3.21. The summed E-state index contributed by atoms with van der Waals surface area (Å²) in [5, 5.41) is 0.467. The number of hydrogen-bond acceptors (Lipinski definition) is 8. The minimum atomic E-state index is -0.615. The SMILES string of the molecule is CN1CCc2nc(C(=O)N3CCN(C(=O)OC(C)(C)C)CC3CC(=O)N3CCOCC3)sc2C1. The van der Waals surface area contributed by atoms with E-state index in [0.717, 1.165) is 30.1 Å². The third kappa shape index (κ3) is 5.87. The molecule has 0 saturated carbocycles. The zero-order valence-electron chi connectivity index (χ0n) is 20.5. The van der Waals surface area contributed by atoms with Gasteiger partial charge in [0.05, 0.1) is 24.9 Å². The van der Waals surface area contributed by atoms with Gasteiger partial charge in [0, 0.05) is 63.5 Å². The van der Waals surface area contributed by atoms with Crippen molar-refractivity contribution in [2.75, 3.05) is 59.5 Å². The Morgan fingerprint density at radius 1 is 1.09 bits per heavy atom. The van der Waals surface area contributed by atoms with Crippen molar-refractivity contribution in [3.8, 4) is 0 Å². The van der Waals surface area contributed by atoms with E-state index in [4.69, 9.17) is 9.47 Å². The molecule has 1 atom stereocenters. The molecular weight excluding hydrogens is 458 g/mol. The van der Waals surface area contributed by atoms with Crippen LogP contribution in [0.25, 0.3) is 0 Å². The summed E-state index contributed by atoms with van der Waals surface area (Å²) in [4.78, 5) is 52.4. The first-order chi connectivity index (χ1) is 16.1. The van der Waals surface area contributed by atoms with Crippen LogP contribution in [0.3, 0.4) is 0 Å². The Hall–Kier alpha value is -2.24. The number of morpholine rings is 1. The Morgan fingerprint density at radius 2 is 1.82 bits per heavy atom. The lowest BCUT2D eigenvalue weighted by Crippen LogP contribution is -2.58. The molecule has 3 aliphatic rings. The van der Waals surface area contributed by atoms with E-state index in [0.29, 0.717) is 44.4 Å². The van der Waals surface area contributed by atoms with E-state index >= 15 is 0 Å². The average molecular weight is 494 g/mol. The number of amides is 3. The van der Waals surface area contributed by atoms with Gasteiger partial charge >= 0.3 is 6.09 Å². The van der Waals surface area contributed by atoms with Crippen molar-refractivity contribution < 1.29 is 23.9 Å². The fraction of sp³-hybridized carbons (Fsp3) is 0.739. The first-order valence-corrected chi connectivity index (χ1v) is 12.7. The highest BCUT2D eigenvalue weighted by molar-refractivity contribution is 7.13. The van der Waals surface area contributed by atoms with Crippen molar-refractivity contribution in [1.82, 2.24) is 24.6 Å². The maximum atomic E-state index is 13.6. The number of rotatable bonds is 3. The number of nitrogens with zero attached hydrogens (tertiary/aromatic N) is 5. The van der Waals surface area contributed by atoms with Gasteiger partial charge in [0.2, 0.25) is 5.91 Å². The molecule has 0 bridgehead atoms. The Bertz CT molecular complexity index is 923. The van der Waals surface area contributed by atoms with Crippen LogP contribution in [0, 0.1) is 0 Å². The van der Waals surface area contributed by atoms with Gasteiger partial charge in [-0.25, -0.2) is 9.78 Å². The lowest BCUT2D eigenvalue weighted by molar-refractivity contribution is -0.136. The molecule has 4 heterocycles. The van der Waals surface area contributed by atoms with Crippen LogP contribution >= 0.6 is 11.3 Å². The third-order valence-corrected chi connectivity index (χ3v) is 7.34. The Labute approximate surface area is 204 Å². The molecule has 0 radical (unpaired) electrons. The number of ether oxygens (including phenoxy) is 2. The highest BCUT2D eigenvalue weighted by Gasteiger charge is 2.38. The van der Waals surface area contributed by atoms with Gasteiger partial charge in [-0.1, -0.05) is 0 Å². The van der Waals surface area contributed by atoms with Crippen LogP contribution in [0.5, 0.6) is 0 Å². The lowest BCUT2D eigenvalue weighted by Gasteiger charge is -2.41. The van der Waals surface area contributed by atoms with Crippen molar-refractivity contribution in [2.24, 2.45) is 0 Å². The maximum absolute atomic E-state index is 13.6. The molecule has 11 heteroatoms. The largest absolute Gasteiger partial charge is 0.444 e. The molecule has 0 aromatic carbocycles. The minimum Gasteiger partial charge on any atom is -0.444 e. The van der Waals surface area contributed by atoms with Crippen LogP contribution < -0.4 is 0 Å². The number of aromatic nitrogens is 1. The van der Waals surface area contributed by atoms with E-state index in [-0.39, 0.29) is 24.8 Å².